The van der Waals surface area contributed by atoms with Crippen LogP contribution < -0.4 is 0 Å². The van der Waals surface area contributed by atoms with Gasteiger partial charge in [-0.25, -0.2) is 10.1 Å². The maximum atomic E-state index is 5.76. The van der Waals surface area contributed by atoms with Gasteiger partial charge >= 0.3 is 0 Å². The molecule has 0 spiro atoms. The number of aliphatic imine (C=N–C) groups is 1. The van der Waals surface area contributed by atoms with Crippen LogP contribution in [0.25, 0.3) is 0 Å². The molecule has 0 aliphatic heterocycles. The maximum Gasteiger partial charge on any atom is 0.223 e. The van der Waals surface area contributed by atoms with Crippen LogP contribution in [0, 0.1) is 0 Å². The van der Waals surface area contributed by atoms with Crippen molar-refractivity contribution >= 4 is 16.9 Å². The van der Waals surface area contributed by atoms with E-state index in [0.717, 1.165) is 6.42 Å². The van der Waals surface area contributed by atoms with E-state index in [2.05, 4.69) is 11.6 Å². The molecule has 3 nitrogen and oxygen atoms in total. The molecule has 0 N–H and O–H groups in total. The van der Waals surface area contributed by atoms with Crippen molar-refractivity contribution in [2.75, 3.05) is 14.2 Å². The van der Waals surface area contributed by atoms with E-state index in [1.54, 1.807) is 7.05 Å². The number of hydrogen-bond acceptors (Lipinski definition) is 2. The first-order valence-electron chi connectivity index (χ1n) is 3.99. The van der Waals surface area contributed by atoms with Crippen molar-refractivity contribution in [2.24, 2.45) is 4.99 Å². The second kappa shape index (κ2) is 6.69. The molecule has 0 aliphatic rings. The third kappa shape index (κ3) is 5.44. The Labute approximate surface area is 84.3 Å². The largest absolute Gasteiger partial charge is 0.275 e. The minimum atomic E-state index is 0.258. The van der Waals surface area contributed by atoms with Crippen molar-refractivity contribution in [3.05, 3.63) is 24.4 Å². The Bertz CT molecular complexity index is 224. The van der Waals surface area contributed by atoms with Gasteiger partial charge in [0.05, 0.1) is 12.8 Å². The lowest BCUT2D eigenvalue weighted by atomic mass is 10.4. The molecule has 0 amide bonds. The topological polar surface area (TPSA) is 24.8 Å². The number of hydroxylamine groups is 2. The van der Waals surface area contributed by atoms with Gasteiger partial charge in [-0.2, -0.15) is 0 Å². The highest BCUT2D eigenvalue weighted by atomic mass is 35.5. The SMILES string of the molecule is C=C(/C=C\CC)/N=C(/Cl)N(C)OC. The Hall–Kier alpha value is -0.800. The highest BCUT2D eigenvalue weighted by molar-refractivity contribution is 6.64. The van der Waals surface area contributed by atoms with E-state index in [4.69, 9.17) is 16.4 Å². The summed E-state index contributed by atoms with van der Waals surface area (Å²) >= 11 is 5.76. The Morgan fingerprint density at radius 1 is 1.69 bits per heavy atom. The minimum absolute atomic E-state index is 0.258. The van der Waals surface area contributed by atoms with E-state index in [-0.39, 0.29) is 5.29 Å². The predicted octanol–water partition coefficient (Wildman–Crippen LogP) is 2.55. The zero-order chi connectivity index (χ0) is 10.3. The maximum absolute atomic E-state index is 5.76. The Morgan fingerprint density at radius 3 is 2.77 bits per heavy atom. The zero-order valence-electron chi connectivity index (χ0n) is 8.25. The van der Waals surface area contributed by atoms with Crippen molar-refractivity contribution in [3.63, 3.8) is 0 Å². The molecule has 0 aromatic rings. The number of rotatable bonds is 4. The van der Waals surface area contributed by atoms with Gasteiger partial charge < -0.3 is 0 Å². The molecular weight excluding hydrogens is 188 g/mol. The molecule has 0 unspecified atom stereocenters. The lowest BCUT2D eigenvalue weighted by Crippen LogP contribution is -2.20. The standard InChI is InChI=1S/C9H15ClN2O/c1-5-6-7-8(2)11-9(10)12(3)13-4/h6-7H,2,5H2,1,3-4H3/b7-6-,11-9-. The summed E-state index contributed by atoms with van der Waals surface area (Å²) in [5.74, 6) is 0. The van der Waals surface area contributed by atoms with Gasteiger partial charge in [0.1, 0.15) is 0 Å². The van der Waals surface area contributed by atoms with E-state index >= 15 is 0 Å². The summed E-state index contributed by atoms with van der Waals surface area (Å²) in [6.07, 6.45) is 4.72. The monoisotopic (exact) mass is 202 g/mol. The van der Waals surface area contributed by atoms with Crippen molar-refractivity contribution in [1.29, 1.82) is 0 Å². The van der Waals surface area contributed by atoms with Gasteiger partial charge in [-0.05, 0) is 24.1 Å². The fraction of sp³-hybridized carbons (Fsp3) is 0.444. The first kappa shape index (κ1) is 12.2. The molecule has 0 fully saturated rings. The van der Waals surface area contributed by atoms with Gasteiger partial charge in [-0.1, -0.05) is 19.6 Å². The van der Waals surface area contributed by atoms with Crippen LogP contribution in [0.1, 0.15) is 13.3 Å². The van der Waals surface area contributed by atoms with Crippen LogP contribution in [0.5, 0.6) is 0 Å². The average molecular weight is 203 g/mol. The minimum Gasteiger partial charge on any atom is -0.275 e. The van der Waals surface area contributed by atoms with Gasteiger partial charge in [0.25, 0.3) is 0 Å². The molecule has 0 saturated heterocycles. The van der Waals surface area contributed by atoms with Crippen LogP contribution in [0.4, 0.5) is 0 Å². The molecule has 0 aliphatic carbocycles. The highest BCUT2D eigenvalue weighted by Gasteiger charge is 1.99. The predicted molar refractivity (Wildman–Crippen MR) is 56.6 cm³/mol. The molecule has 0 rings (SSSR count). The average Bonchev–Trinajstić information content (AvgIpc) is 2.13. The lowest BCUT2D eigenvalue weighted by Gasteiger charge is -2.12. The van der Waals surface area contributed by atoms with Crippen molar-refractivity contribution in [2.45, 2.75) is 13.3 Å². The molecular formula is C9H15ClN2O. The first-order valence-corrected chi connectivity index (χ1v) is 4.37. The van der Waals surface area contributed by atoms with Gasteiger partial charge in [0.2, 0.25) is 5.29 Å². The van der Waals surface area contributed by atoms with E-state index in [0.29, 0.717) is 5.70 Å². The number of nitrogens with zero attached hydrogens (tertiary/aromatic N) is 2. The van der Waals surface area contributed by atoms with Crippen LogP contribution in [0.15, 0.2) is 29.4 Å². The van der Waals surface area contributed by atoms with E-state index in [1.165, 1.54) is 12.2 Å². The molecule has 0 heterocycles. The molecule has 0 aromatic carbocycles. The molecule has 13 heavy (non-hydrogen) atoms. The Morgan fingerprint density at radius 2 is 2.31 bits per heavy atom. The zero-order valence-corrected chi connectivity index (χ0v) is 9.01. The summed E-state index contributed by atoms with van der Waals surface area (Å²) in [7, 11) is 3.19. The normalized spacial score (nSPS) is 12.2. The van der Waals surface area contributed by atoms with Gasteiger partial charge in [0, 0.05) is 7.05 Å². The quantitative estimate of drug-likeness (QED) is 0.230. The molecule has 0 bridgehead atoms. The number of amidine groups is 1. The van der Waals surface area contributed by atoms with Gasteiger partial charge in [-0.3, -0.25) is 4.84 Å². The highest BCUT2D eigenvalue weighted by Crippen LogP contribution is 2.02. The van der Waals surface area contributed by atoms with Crippen LogP contribution in [0.2, 0.25) is 0 Å². The summed E-state index contributed by atoms with van der Waals surface area (Å²) in [6.45, 7) is 5.75. The molecule has 0 radical (unpaired) electrons. The Kier molecular flexibility index (Phi) is 6.28. The summed E-state index contributed by atoms with van der Waals surface area (Å²) in [4.78, 5) is 8.81. The molecule has 0 saturated carbocycles. The fourth-order valence-corrected chi connectivity index (χ4v) is 0.733. The van der Waals surface area contributed by atoms with Crippen molar-refractivity contribution in [3.8, 4) is 0 Å². The number of hydrogen-bond donors (Lipinski definition) is 0. The van der Waals surface area contributed by atoms with E-state index < -0.39 is 0 Å². The van der Waals surface area contributed by atoms with Crippen molar-refractivity contribution in [1.82, 2.24) is 5.06 Å². The smallest absolute Gasteiger partial charge is 0.223 e. The van der Waals surface area contributed by atoms with Gasteiger partial charge in [-0.15, -0.1) is 0 Å². The Balaban J connectivity index is 4.21. The van der Waals surface area contributed by atoms with Crippen molar-refractivity contribution < 1.29 is 4.84 Å². The van der Waals surface area contributed by atoms with Crippen LogP contribution in [-0.2, 0) is 4.84 Å². The van der Waals surface area contributed by atoms with E-state index in [1.807, 2.05) is 19.1 Å². The van der Waals surface area contributed by atoms with E-state index in [9.17, 15) is 0 Å². The lowest BCUT2D eigenvalue weighted by molar-refractivity contribution is -0.0388. The molecule has 4 heteroatoms. The number of halogens is 1. The molecule has 74 valence electrons. The van der Waals surface area contributed by atoms with Crippen LogP contribution in [0.3, 0.4) is 0 Å². The second-order valence-corrected chi connectivity index (χ2v) is 2.70. The molecule has 0 aromatic heterocycles. The van der Waals surface area contributed by atoms with Crippen LogP contribution >= 0.6 is 11.6 Å². The van der Waals surface area contributed by atoms with Crippen LogP contribution in [-0.4, -0.2) is 24.5 Å². The number of allylic oxidation sites excluding steroid dienone is 2. The third-order valence-electron chi connectivity index (χ3n) is 1.32. The third-order valence-corrected chi connectivity index (χ3v) is 1.64. The molecule has 0 atom stereocenters. The van der Waals surface area contributed by atoms with Gasteiger partial charge in [0.15, 0.2) is 0 Å². The fourth-order valence-electron chi connectivity index (χ4n) is 0.555. The summed E-state index contributed by atoms with van der Waals surface area (Å²) < 4.78 is 0. The summed E-state index contributed by atoms with van der Waals surface area (Å²) in [5.41, 5.74) is 0.607. The second-order valence-electron chi connectivity index (χ2n) is 2.36. The summed E-state index contributed by atoms with van der Waals surface area (Å²) in [5, 5.41) is 1.61. The summed E-state index contributed by atoms with van der Waals surface area (Å²) in [6, 6.07) is 0. The first-order chi connectivity index (χ1) is 6.11.